The fourth-order valence-electron chi connectivity index (χ4n) is 1.11. The van der Waals surface area contributed by atoms with E-state index in [1.54, 1.807) is 13.8 Å². The zero-order valence-electron chi connectivity index (χ0n) is 9.16. The molecule has 1 amide bonds. The van der Waals surface area contributed by atoms with Gasteiger partial charge in [0, 0.05) is 5.56 Å². The summed E-state index contributed by atoms with van der Waals surface area (Å²) in [6, 6.07) is 1.96. The predicted octanol–water partition coefficient (Wildman–Crippen LogP) is 2.50. The topological polar surface area (TPSA) is 75.3 Å². The van der Waals surface area contributed by atoms with Crippen molar-refractivity contribution in [3.8, 4) is 6.07 Å². The monoisotopic (exact) mass is 220 g/mol. The number of carbonyl (C=O) groups is 1. The fourth-order valence-corrected chi connectivity index (χ4v) is 1.11. The Morgan fingerprint density at radius 2 is 2.38 bits per heavy atom. The summed E-state index contributed by atoms with van der Waals surface area (Å²) < 4.78 is 9.93. The van der Waals surface area contributed by atoms with Crippen molar-refractivity contribution in [3.63, 3.8) is 0 Å². The number of aryl methyl sites for hydroxylation is 1. The second-order valence-corrected chi connectivity index (χ2v) is 3.11. The summed E-state index contributed by atoms with van der Waals surface area (Å²) >= 11 is 0. The molecule has 1 aromatic heterocycles. The van der Waals surface area contributed by atoms with Crippen molar-refractivity contribution in [1.29, 1.82) is 5.26 Å². The number of anilines is 1. The summed E-state index contributed by atoms with van der Waals surface area (Å²) in [7, 11) is 0. The highest BCUT2D eigenvalue weighted by Crippen LogP contribution is 2.25. The normalized spacial score (nSPS) is 9.31. The van der Waals surface area contributed by atoms with Gasteiger partial charge in [0.2, 0.25) is 5.88 Å². The van der Waals surface area contributed by atoms with Crippen LogP contribution in [0.5, 0.6) is 0 Å². The largest absolute Gasteiger partial charge is 0.445 e. The molecule has 1 rings (SSSR count). The van der Waals surface area contributed by atoms with Gasteiger partial charge in [-0.2, -0.15) is 5.26 Å². The molecule has 84 valence electrons. The third-order valence-corrected chi connectivity index (χ3v) is 2.04. The first-order valence-corrected chi connectivity index (χ1v) is 4.65. The molecule has 16 heavy (non-hydrogen) atoms. The van der Waals surface area contributed by atoms with Crippen LogP contribution in [0.15, 0.2) is 17.1 Å². The Balaban J connectivity index is 2.82. The first-order chi connectivity index (χ1) is 7.60. The van der Waals surface area contributed by atoms with Gasteiger partial charge in [-0.15, -0.1) is 0 Å². The van der Waals surface area contributed by atoms with Gasteiger partial charge < -0.3 is 9.15 Å². The molecule has 0 unspecified atom stereocenters. The van der Waals surface area contributed by atoms with Gasteiger partial charge in [-0.25, -0.2) is 4.79 Å². The number of nitriles is 1. The highest BCUT2D eigenvalue weighted by atomic mass is 16.5. The molecule has 0 radical (unpaired) electrons. The molecule has 0 saturated carbocycles. The Morgan fingerprint density at radius 3 is 2.94 bits per heavy atom. The number of hydrogen-bond donors (Lipinski definition) is 1. The minimum absolute atomic E-state index is 0.104. The van der Waals surface area contributed by atoms with E-state index in [9.17, 15) is 4.79 Å². The zero-order valence-corrected chi connectivity index (χ0v) is 9.16. The average molecular weight is 220 g/mol. The lowest BCUT2D eigenvalue weighted by Gasteiger charge is -2.01. The Hall–Kier alpha value is -2.22. The minimum Gasteiger partial charge on any atom is -0.445 e. The minimum atomic E-state index is -0.676. The van der Waals surface area contributed by atoms with Crippen LogP contribution in [0.2, 0.25) is 0 Å². The molecule has 0 aliphatic heterocycles. The maximum atomic E-state index is 11.2. The highest BCUT2D eigenvalue weighted by molar-refractivity contribution is 5.85. The Bertz CT molecular complexity index is 455. The molecule has 0 bridgehead atoms. The van der Waals surface area contributed by atoms with Crippen molar-refractivity contribution < 1.29 is 13.9 Å². The van der Waals surface area contributed by atoms with Crippen molar-refractivity contribution in [3.05, 3.63) is 29.5 Å². The molecule has 0 aliphatic rings. The first kappa shape index (κ1) is 11.9. The van der Waals surface area contributed by atoms with E-state index < -0.39 is 6.09 Å². The smallest absolute Gasteiger partial charge is 0.414 e. The molecule has 0 saturated heterocycles. The van der Waals surface area contributed by atoms with Crippen LogP contribution in [0.1, 0.15) is 16.9 Å². The molecular weight excluding hydrogens is 208 g/mol. The van der Waals surface area contributed by atoms with Gasteiger partial charge in [-0.1, -0.05) is 12.7 Å². The Morgan fingerprint density at radius 1 is 1.69 bits per heavy atom. The van der Waals surface area contributed by atoms with Crippen molar-refractivity contribution in [2.45, 2.75) is 13.8 Å². The summed E-state index contributed by atoms with van der Waals surface area (Å²) in [5.74, 6) is 0.710. The standard InChI is InChI=1S/C11H12N2O3/c1-4-5-15-11(14)13-10-9(6-12)7(2)8(3)16-10/h4H,1,5H2,2-3H3,(H,13,14). The number of furan rings is 1. The van der Waals surface area contributed by atoms with Gasteiger partial charge in [0.1, 0.15) is 24.0 Å². The van der Waals surface area contributed by atoms with E-state index in [1.165, 1.54) is 6.08 Å². The zero-order chi connectivity index (χ0) is 12.1. The molecule has 0 aromatic carbocycles. The predicted molar refractivity (Wildman–Crippen MR) is 58.1 cm³/mol. The SMILES string of the molecule is C=CCOC(=O)Nc1oc(C)c(C)c1C#N. The third-order valence-electron chi connectivity index (χ3n) is 2.04. The van der Waals surface area contributed by atoms with Gasteiger partial charge in [0.25, 0.3) is 0 Å². The number of nitrogens with one attached hydrogen (secondary N) is 1. The van der Waals surface area contributed by atoms with Crippen LogP contribution in [0, 0.1) is 25.2 Å². The van der Waals surface area contributed by atoms with Crippen LogP contribution in [0.25, 0.3) is 0 Å². The highest BCUT2D eigenvalue weighted by Gasteiger charge is 2.16. The lowest BCUT2D eigenvalue weighted by molar-refractivity contribution is 0.173. The maximum Gasteiger partial charge on any atom is 0.414 e. The van der Waals surface area contributed by atoms with Crippen LogP contribution in [-0.2, 0) is 4.74 Å². The summed E-state index contributed by atoms with van der Waals surface area (Å²) in [6.07, 6.45) is 0.772. The van der Waals surface area contributed by atoms with Crippen LogP contribution in [-0.4, -0.2) is 12.7 Å². The molecule has 0 atom stereocenters. The van der Waals surface area contributed by atoms with Crippen molar-refractivity contribution in [2.75, 3.05) is 11.9 Å². The van der Waals surface area contributed by atoms with E-state index in [2.05, 4.69) is 11.9 Å². The number of carbonyl (C=O) groups excluding carboxylic acids is 1. The second-order valence-electron chi connectivity index (χ2n) is 3.11. The van der Waals surface area contributed by atoms with E-state index in [-0.39, 0.29) is 12.5 Å². The summed E-state index contributed by atoms with van der Waals surface area (Å²) in [5, 5.41) is 11.2. The van der Waals surface area contributed by atoms with Crippen molar-refractivity contribution in [1.82, 2.24) is 0 Å². The van der Waals surface area contributed by atoms with E-state index >= 15 is 0 Å². The van der Waals surface area contributed by atoms with Crippen LogP contribution in [0.4, 0.5) is 10.7 Å². The van der Waals surface area contributed by atoms with E-state index in [0.29, 0.717) is 16.9 Å². The van der Waals surface area contributed by atoms with Gasteiger partial charge in [-0.3, -0.25) is 5.32 Å². The molecule has 5 nitrogen and oxygen atoms in total. The molecule has 0 fully saturated rings. The van der Waals surface area contributed by atoms with Gasteiger partial charge >= 0.3 is 6.09 Å². The summed E-state index contributed by atoms with van der Waals surface area (Å²) in [6.45, 7) is 6.98. The lowest BCUT2D eigenvalue weighted by Crippen LogP contribution is -2.13. The third kappa shape index (κ3) is 2.42. The average Bonchev–Trinajstić information content (AvgIpc) is 2.51. The fraction of sp³-hybridized carbons (Fsp3) is 0.273. The number of amides is 1. The lowest BCUT2D eigenvalue weighted by atomic mass is 10.2. The molecule has 5 heteroatoms. The number of ether oxygens (including phenoxy) is 1. The molecule has 0 spiro atoms. The quantitative estimate of drug-likeness (QED) is 0.794. The van der Waals surface area contributed by atoms with Crippen molar-refractivity contribution >= 4 is 12.0 Å². The van der Waals surface area contributed by atoms with Crippen LogP contribution >= 0.6 is 0 Å². The molecule has 0 aliphatic carbocycles. The number of rotatable bonds is 3. The van der Waals surface area contributed by atoms with Gasteiger partial charge in [0.05, 0.1) is 0 Å². The van der Waals surface area contributed by atoms with Gasteiger partial charge in [0.15, 0.2) is 0 Å². The van der Waals surface area contributed by atoms with E-state index in [4.69, 9.17) is 14.4 Å². The summed E-state index contributed by atoms with van der Waals surface area (Å²) in [5.41, 5.74) is 1.02. The Labute approximate surface area is 93.3 Å². The Kier molecular flexibility index (Phi) is 3.72. The first-order valence-electron chi connectivity index (χ1n) is 4.65. The van der Waals surface area contributed by atoms with E-state index in [0.717, 1.165) is 0 Å². The second kappa shape index (κ2) is 5.03. The molecule has 1 N–H and O–H groups in total. The van der Waals surface area contributed by atoms with E-state index in [1.807, 2.05) is 6.07 Å². The van der Waals surface area contributed by atoms with Crippen molar-refractivity contribution in [2.24, 2.45) is 0 Å². The molecule has 1 heterocycles. The van der Waals surface area contributed by atoms with Gasteiger partial charge in [-0.05, 0) is 13.8 Å². The van der Waals surface area contributed by atoms with Crippen LogP contribution in [0.3, 0.4) is 0 Å². The van der Waals surface area contributed by atoms with Crippen LogP contribution < -0.4 is 5.32 Å². The number of hydrogen-bond acceptors (Lipinski definition) is 4. The maximum absolute atomic E-state index is 11.2. The molecular formula is C11H12N2O3. The summed E-state index contributed by atoms with van der Waals surface area (Å²) in [4.78, 5) is 11.2. The number of nitrogens with zero attached hydrogens (tertiary/aromatic N) is 1. The molecule has 1 aromatic rings.